The molecular weight excluding hydrogens is 348 g/mol. The summed E-state index contributed by atoms with van der Waals surface area (Å²) in [5.74, 6) is 2.26. The van der Waals surface area contributed by atoms with Crippen molar-refractivity contribution >= 4 is 17.5 Å². The number of rotatable bonds is 7. The van der Waals surface area contributed by atoms with Crippen LogP contribution in [0.15, 0.2) is 60.8 Å². The molecule has 5 heteroatoms. The Morgan fingerprint density at radius 3 is 2.29 bits per heavy atom. The van der Waals surface area contributed by atoms with E-state index in [0.717, 1.165) is 30.2 Å². The summed E-state index contributed by atoms with van der Waals surface area (Å²) >= 11 is 0. The topological polar surface area (TPSA) is 59.1 Å². The molecule has 0 bridgehead atoms. The second-order valence-electron chi connectivity index (χ2n) is 7.74. The largest absolute Gasteiger partial charge is 0.497 e. The molecule has 0 amide bonds. The molecule has 0 radical (unpaired) electrons. The number of benzene rings is 2. The first-order valence-corrected chi connectivity index (χ1v) is 9.51. The van der Waals surface area contributed by atoms with Crippen LogP contribution in [0.5, 0.6) is 5.75 Å². The van der Waals surface area contributed by atoms with Crippen LogP contribution in [0.3, 0.4) is 0 Å². The quantitative estimate of drug-likeness (QED) is 0.595. The summed E-state index contributed by atoms with van der Waals surface area (Å²) < 4.78 is 5.19. The number of methoxy groups -OCH3 is 1. The molecule has 0 atom stereocenters. The number of ether oxygens (including phenoxy) is 1. The van der Waals surface area contributed by atoms with Crippen molar-refractivity contribution in [2.24, 2.45) is 0 Å². The highest BCUT2D eigenvalue weighted by atomic mass is 16.5. The van der Waals surface area contributed by atoms with Gasteiger partial charge in [0.1, 0.15) is 11.6 Å². The predicted octanol–water partition coefficient (Wildman–Crippen LogP) is 5.18. The Morgan fingerprint density at radius 2 is 1.64 bits per heavy atom. The highest BCUT2D eigenvalue weighted by molar-refractivity contribution is 5.55. The maximum Gasteiger partial charge on any atom is 0.229 e. The first-order chi connectivity index (χ1) is 13.4. The van der Waals surface area contributed by atoms with Crippen molar-refractivity contribution in [1.82, 2.24) is 9.97 Å². The van der Waals surface area contributed by atoms with Gasteiger partial charge in [0.15, 0.2) is 0 Å². The van der Waals surface area contributed by atoms with Crippen LogP contribution in [0.2, 0.25) is 0 Å². The fourth-order valence-corrected chi connectivity index (χ4v) is 2.83. The van der Waals surface area contributed by atoms with Crippen LogP contribution >= 0.6 is 0 Å². The SMILES string of the molecule is COc1ccc(CCNc2ccnc(Nc3ccc(C(C)(C)C)cc3)n2)cc1. The van der Waals surface area contributed by atoms with E-state index in [1.807, 2.05) is 18.2 Å². The van der Waals surface area contributed by atoms with Gasteiger partial charge < -0.3 is 15.4 Å². The summed E-state index contributed by atoms with van der Waals surface area (Å²) in [7, 11) is 1.68. The third-order valence-corrected chi connectivity index (χ3v) is 4.54. The normalized spacial score (nSPS) is 11.1. The third kappa shape index (κ3) is 5.46. The number of hydrogen-bond acceptors (Lipinski definition) is 5. The summed E-state index contributed by atoms with van der Waals surface area (Å²) in [5.41, 5.74) is 3.67. The number of hydrogen-bond donors (Lipinski definition) is 2. The van der Waals surface area contributed by atoms with Crippen molar-refractivity contribution < 1.29 is 4.74 Å². The summed E-state index contributed by atoms with van der Waals surface area (Å²) in [6.07, 6.45) is 2.67. The predicted molar refractivity (Wildman–Crippen MR) is 116 cm³/mol. The van der Waals surface area contributed by atoms with Crippen LogP contribution in [0.1, 0.15) is 31.9 Å². The van der Waals surface area contributed by atoms with Crippen molar-refractivity contribution in [3.63, 3.8) is 0 Å². The van der Waals surface area contributed by atoms with E-state index in [1.165, 1.54) is 11.1 Å². The Bertz CT molecular complexity index is 884. The van der Waals surface area contributed by atoms with Crippen molar-refractivity contribution in [3.8, 4) is 5.75 Å². The van der Waals surface area contributed by atoms with Crippen LogP contribution in [-0.4, -0.2) is 23.6 Å². The number of anilines is 3. The van der Waals surface area contributed by atoms with Gasteiger partial charge >= 0.3 is 0 Å². The van der Waals surface area contributed by atoms with Gasteiger partial charge in [-0.3, -0.25) is 0 Å². The molecule has 0 aliphatic heterocycles. The van der Waals surface area contributed by atoms with Crippen LogP contribution in [0.25, 0.3) is 0 Å². The van der Waals surface area contributed by atoms with E-state index >= 15 is 0 Å². The Labute approximate surface area is 167 Å². The molecule has 28 heavy (non-hydrogen) atoms. The minimum atomic E-state index is 0.142. The van der Waals surface area contributed by atoms with E-state index in [9.17, 15) is 0 Å². The molecule has 0 saturated carbocycles. The maximum atomic E-state index is 5.19. The zero-order valence-electron chi connectivity index (χ0n) is 17.0. The molecular formula is C23H28N4O. The average Bonchev–Trinajstić information content (AvgIpc) is 2.69. The smallest absolute Gasteiger partial charge is 0.229 e. The lowest BCUT2D eigenvalue weighted by Crippen LogP contribution is -2.10. The zero-order valence-corrected chi connectivity index (χ0v) is 17.0. The second kappa shape index (κ2) is 8.74. The second-order valence-corrected chi connectivity index (χ2v) is 7.74. The lowest BCUT2D eigenvalue weighted by Gasteiger charge is -2.19. The van der Waals surface area contributed by atoms with Crippen molar-refractivity contribution in [2.75, 3.05) is 24.3 Å². The molecule has 2 N–H and O–H groups in total. The summed E-state index contributed by atoms with van der Waals surface area (Å²) in [4.78, 5) is 8.86. The zero-order chi connectivity index (χ0) is 20.0. The van der Waals surface area contributed by atoms with Crippen LogP contribution < -0.4 is 15.4 Å². The van der Waals surface area contributed by atoms with E-state index in [0.29, 0.717) is 5.95 Å². The monoisotopic (exact) mass is 376 g/mol. The molecule has 0 unspecified atom stereocenters. The molecule has 146 valence electrons. The highest BCUT2D eigenvalue weighted by Crippen LogP contribution is 2.24. The molecule has 0 fully saturated rings. The van der Waals surface area contributed by atoms with Gasteiger partial charge in [-0.15, -0.1) is 0 Å². The van der Waals surface area contributed by atoms with E-state index in [1.54, 1.807) is 13.3 Å². The molecule has 5 nitrogen and oxygen atoms in total. The average molecular weight is 377 g/mol. The van der Waals surface area contributed by atoms with E-state index in [-0.39, 0.29) is 5.41 Å². The molecule has 1 aromatic heterocycles. The number of aromatic nitrogens is 2. The Hall–Kier alpha value is -3.08. The van der Waals surface area contributed by atoms with Gasteiger partial charge in [-0.1, -0.05) is 45.0 Å². The first kappa shape index (κ1) is 19.7. The molecule has 2 aromatic carbocycles. The van der Waals surface area contributed by atoms with Gasteiger partial charge in [-0.05, 0) is 53.3 Å². The van der Waals surface area contributed by atoms with Gasteiger partial charge in [-0.2, -0.15) is 4.98 Å². The Morgan fingerprint density at radius 1 is 0.929 bits per heavy atom. The number of nitrogens with zero attached hydrogens (tertiary/aromatic N) is 2. The van der Waals surface area contributed by atoms with Crippen molar-refractivity contribution in [3.05, 3.63) is 71.9 Å². The lowest BCUT2D eigenvalue weighted by molar-refractivity contribution is 0.414. The van der Waals surface area contributed by atoms with Gasteiger partial charge in [0.05, 0.1) is 7.11 Å². The van der Waals surface area contributed by atoms with Crippen molar-refractivity contribution in [2.45, 2.75) is 32.6 Å². The molecule has 3 rings (SSSR count). The Balaban J connectivity index is 1.56. The number of nitrogens with one attached hydrogen (secondary N) is 2. The van der Waals surface area contributed by atoms with Crippen molar-refractivity contribution in [1.29, 1.82) is 0 Å². The molecule has 0 spiro atoms. The van der Waals surface area contributed by atoms with E-state index in [2.05, 4.69) is 77.8 Å². The molecule has 0 aliphatic carbocycles. The minimum Gasteiger partial charge on any atom is -0.497 e. The van der Waals surface area contributed by atoms with E-state index in [4.69, 9.17) is 4.74 Å². The molecule has 3 aromatic rings. The van der Waals surface area contributed by atoms with Gasteiger partial charge in [0.25, 0.3) is 0 Å². The maximum absolute atomic E-state index is 5.19. The summed E-state index contributed by atoms with van der Waals surface area (Å²) in [5, 5.41) is 6.62. The standard InChI is InChI=1S/C23H28N4O/c1-23(2,3)18-7-9-19(10-8-18)26-22-25-16-14-21(27-22)24-15-13-17-5-11-20(28-4)12-6-17/h5-12,14,16H,13,15H2,1-4H3,(H2,24,25,26,27). The third-order valence-electron chi connectivity index (χ3n) is 4.54. The minimum absolute atomic E-state index is 0.142. The molecule has 0 saturated heterocycles. The van der Waals surface area contributed by atoms with Gasteiger partial charge in [0.2, 0.25) is 5.95 Å². The fraction of sp³-hybridized carbons (Fsp3) is 0.304. The molecule has 1 heterocycles. The van der Waals surface area contributed by atoms with Gasteiger partial charge in [-0.25, -0.2) is 4.98 Å². The van der Waals surface area contributed by atoms with Crippen LogP contribution in [-0.2, 0) is 11.8 Å². The fourth-order valence-electron chi connectivity index (χ4n) is 2.83. The van der Waals surface area contributed by atoms with Crippen LogP contribution in [0.4, 0.5) is 17.5 Å². The summed E-state index contributed by atoms with van der Waals surface area (Å²) in [6.45, 7) is 7.42. The first-order valence-electron chi connectivity index (χ1n) is 9.51. The van der Waals surface area contributed by atoms with Gasteiger partial charge in [0, 0.05) is 18.4 Å². The Kier molecular flexibility index (Phi) is 6.14. The molecule has 0 aliphatic rings. The van der Waals surface area contributed by atoms with E-state index < -0.39 is 0 Å². The lowest BCUT2D eigenvalue weighted by atomic mass is 9.87. The summed E-state index contributed by atoms with van der Waals surface area (Å²) in [6, 6.07) is 18.4. The highest BCUT2D eigenvalue weighted by Gasteiger charge is 2.12. The van der Waals surface area contributed by atoms with Crippen LogP contribution in [0, 0.1) is 0 Å².